The molecule has 4 heteroatoms. The first-order chi connectivity index (χ1) is 7.76. The average molecular weight is 242 g/mol. The average Bonchev–Trinajstić information content (AvgIpc) is 2.46. The summed E-state index contributed by atoms with van der Waals surface area (Å²) in [5.41, 5.74) is -0.416. The Morgan fingerprint density at radius 2 is 2.12 bits per heavy atom. The summed E-state index contributed by atoms with van der Waals surface area (Å²) in [4.78, 5) is 14.0. The van der Waals surface area contributed by atoms with Gasteiger partial charge in [0.25, 0.3) is 0 Å². The standard InChI is InChI=1S/C13H26N2O2/c1-10(2)8-15-7-6-11(9-15)14-12(16)17-13(3,4)5/h10-11H,6-9H2,1-5H3,(H,14,16)/t11-/m1/s1. The Morgan fingerprint density at radius 1 is 1.47 bits per heavy atom. The van der Waals surface area contributed by atoms with Gasteiger partial charge in [0.1, 0.15) is 5.60 Å². The third kappa shape index (κ3) is 5.91. The van der Waals surface area contributed by atoms with E-state index in [-0.39, 0.29) is 12.1 Å². The molecule has 1 rings (SSSR count). The van der Waals surface area contributed by atoms with Gasteiger partial charge in [0.05, 0.1) is 0 Å². The summed E-state index contributed by atoms with van der Waals surface area (Å²) < 4.78 is 5.25. The maximum Gasteiger partial charge on any atom is 0.407 e. The molecule has 0 bridgehead atoms. The van der Waals surface area contributed by atoms with Crippen LogP contribution in [0.3, 0.4) is 0 Å². The Morgan fingerprint density at radius 3 is 2.65 bits per heavy atom. The summed E-state index contributed by atoms with van der Waals surface area (Å²) in [6.45, 7) is 13.2. The molecule has 0 aromatic rings. The van der Waals surface area contributed by atoms with Crippen molar-refractivity contribution >= 4 is 6.09 Å². The monoisotopic (exact) mass is 242 g/mol. The molecule has 17 heavy (non-hydrogen) atoms. The van der Waals surface area contributed by atoms with Gasteiger partial charge >= 0.3 is 6.09 Å². The zero-order valence-electron chi connectivity index (χ0n) is 11.7. The van der Waals surface area contributed by atoms with Crippen molar-refractivity contribution in [3.8, 4) is 0 Å². The zero-order chi connectivity index (χ0) is 13.1. The first-order valence-electron chi connectivity index (χ1n) is 6.48. The van der Waals surface area contributed by atoms with E-state index in [4.69, 9.17) is 4.74 Å². The predicted octanol–water partition coefficient (Wildman–Crippen LogP) is 2.24. The Bertz CT molecular complexity index is 259. The van der Waals surface area contributed by atoms with Crippen LogP contribution in [-0.4, -0.2) is 42.3 Å². The highest BCUT2D eigenvalue weighted by Crippen LogP contribution is 2.12. The largest absolute Gasteiger partial charge is 0.444 e. The van der Waals surface area contributed by atoms with Crippen molar-refractivity contribution in [1.82, 2.24) is 10.2 Å². The lowest BCUT2D eigenvalue weighted by Crippen LogP contribution is -2.40. The highest BCUT2D eigenvalue weighted by atomic mass is 16.6. The fraction of sp³-hybridized carbons (Fsp3) is 0.923. The topological polar surface area (TPSA) is 41.6 Å². The molecule has 1 aliphatic rings. The number of alkyl carbamates (subject to hydrolysis) is 1. The van der Waals surface area contributed by atoms with Crippen molar-refractivity contribution in [2.24, 2.45) is 5.92 Å². The summed E-state index contributed by atoms with van der Waals surface area (Å²) in [6.07, 6.45) is 0.722. The molecule has 0 aromatic carbocycles. The first-order valence-corrected chi connectivity index (χ1v) is 6.48. The molecule has 1 atom stereocenters. The van der Waals surface area contributed by atoms with E-state index < -0.39 is 5.60 Å². The molecule has 4 nitrogen and oxygen atoms in total. The van der Waals surface area contributed by atoms with Crippen LogP contribution in [0.4, 0.5) is 4.79 Å². The number of carbonyl (C=O) groups excluding carboxylic acids is 1. The lowest BCUT2D eigenvalue weighted by Gasteiger charge is -2.22. The Balaban J connectivity index is 2.28. The lowest BCUT2D eigenvalue weighted by molar-refractivity contribution is 0.0505. The van der Waals surface area contributed by atoms with E-state index in [0.29, 0.717) is 5.92 Å². The number of ether oxygens (including phenoxy) is 1. The van der Waals surface area contributed by atoms with Crippen LogP contribution in [-0.2, 0) is 4.74 Å². The van der Waals surface area contributed by atoms with Gasteiger partial charge in [0.2, 0.25) is 0 Å². The second kappa shape index (κ2) is 5.71. The summed E-state index contributed by atoms with van der Waals surface area (Å²) in [7, 11) is 0. The second-order valence-electron chi connectivity index (χ2n) is 6.29. The molecule has 0 unspecified atom stereocenters. The predicted molar refractivity (Wildman–Crippen MR) is 69.1 cm³/mol. The van der Waals surface area contributed by atoms with Gasteiger partial charge in [0, 0.05) is 25.7 Å². The van der Waals surface area contributed by atoms with Crippen molar-refractivity contribution in [3.05, 3.63) is 0 Å². The number of carbonyl (C=O) groups is 1. The normalized spacial score (nSPS) is 21.9. The van der Waals surface area contributed by atoms with Gasteiger partial charge in [-0.3, -0.25) is 0 Å². The summed E-state index contributed by atoms with van der Waals surface area (Å²) in [6, 6.07) is 0.239. The smallest absolute Gasteiger partial charge is 0.407 e. The zero-order valence-corrected chi connectivity index (χ0v) is 11.7. The van der Waals surface area contributed by atoms with Gasteiger partial charge in [-0.15, -0.1) is 0 Å². The molecule has 1 N–H and O–H groups in total. The first kappa shape index (κ1) is 14.3. The van der Waals surface area contributed by atoms with Gasteiger partial charge in [-0.05, 0) is 33.1 Å². The van der Waals surface area contributed by atoms with Crippen LogP contribution >= 0.6 is 0 Å². The molecule has 1 fully saturated rings. The third-order valence-corrected chi connectivity index (χ3v) is 2.62. The van der Waals surface area contributed by atoms with Crippen LogP contribution in [0, 0.1) is 5.92 Å². The number of amides is 1. The molecule has 0 radical (unpaired) electrons. The molecule has 0 spiro atoms. The van der Waals surface area contributed by atoms with Crippen LogP contribution in [0.15, 0.2) is 0 Å². The lowest BCUT2D eigenvalue weighted by atomic mass is 10.2. The maximum absolute atomic E-state index is 11.6. The van der Waals surface area contributed by atoms with Gasteiger partial charge in [-0.25, -0.2) is 4.79 Å². The van der Waals surface area contributed by atoms with E-state index in [2.05, 4.69) is 24.1 Å². The molecule has 100 valence electrons. The fourth-order valence-corrected chi connectivity index (χ4v) is 2.11. The van der Waals surface area contributed by atoms with Crippen LogP contribution in [0.2, 0.25) is 0 Å². The van der Waals surface area contributed by atoms with Crippen molar-refractivity contribution in [3.63, 3.8) is 0 Å². The van der Waals surface area contributed by atoms with E-state index in [0.717, 1.165) is 26.1 Å². The maximum atomic E-state index is 11.6. The fourth-order valence-electron chi connectivity index (χ4n) is 2.11. The molecule has 0 saturated carbocycles. The Labute approximate surface area is 105 Å². The quantitative estimate of drug-likeness (QED) is 0.825. The van der Waals surface area contributed by atoms with Gasteiger partial charge in [-0.2, -0.15) is 0 Å². The summed E-state index contributed by atoms with van der Waals surface area (Å²) >= 11 is 0. The number of hydrogen-bond acceptors (Lipinski definition) is 3. The molecule has 0 aromatic heterocycles. The van der Waals surface area contributed by atoms with Crippen LogP contribution in [0.5, 0.6) is 0 Å². The van der Waals surface area contributed by atoms with Crippen molar-refractivity contribution in [2.75, 3.05) is 19.6 Å². The van der Waals surface area contributed by atoms with E-state index in [1.807, 2.05) is 20.8 Å². The number of rotatable bonds is 3. The molecule has 1 saturated heterocycles. The van der Waals surface area contributed by atoms with Crippen molar-refractivity contribution in [2.45, 2.75) is 52.7 Å². The van der Waals surface area contributed by atoms with Gasteiger partial charge in [-0.1, -0.05) is 13.8 Å². The minimum atomic E-state index is -0.416. The minimum Gasteiger partial charge on any atom is -0.444 e. The molecule has 0 aliphatic carbocycles. The van der Waals surface area contributed by atoms with Gasteiger partial charge < -0.3 is 15.0 Å². The minimum absolute atomic E-state index is 0.239. The summed E-state index contributed by atoms with van der Waals surface area (Å²) in [5.74, 6) is 0.676. The number of likely N-dealkylation sites (tertiary alicyclic amines) is 1. The van der Waals surface area contributed by atoms with E-state index in [9.17, 15) is 4.79 Å². The van der Waals surface area contributed by atoms with E-state index in [1.54, 1.807) is 0 Å². The molecule has 1 amide bonds. The van der Waals surface area contributed by atoms with E-state index in [1.165, 1.54) is 0 Å². The van der Waals surface area contributed by atoms with Crippen molar-refractivity contribution in [1.29, 1.82) is 0 Å². The van der Waals surface area contributed by atoms with Crippen LogP contribution in [0.1, 0.15) is 41.0 Å². The SMILES string of the molecule is CC(C)CN1CC[C@@H](NC(=O)OC(C)(C)C)C1. The number of hydrogen-bond donors (Lipinski definition) is 1. The molecule has 1 heterocycles. The number of nitrogens with zero attached hydrogens (tertiary/aromatic N) is 1. The second-order valence-corrected chi connectivity index (χ2v) is 6.29. The Kier molecular flexibility index (Phi) is 4.80. The summed E-state index contributed by atoms with van der Waals surface area (Å²) in [5, 5.41) is 2.94. The van der Waals surface area contributed by atoms with Crippen LogP contribution in [0.25, 0.3) is 0 Å². The van der Waals surface area contributed by atoms with Crippen LogP contribution < -0.4 is 5.32 Å². The third-order valence-electron chi connectivity index (χ3n) is 2.62. The highest BCUT2D eigenvalue weighted by Gasteiger charge is 2.26. The molecular weight excluding hydrogens is 216 g/mol. The molecular formula is C13H26N2O2. The molecule has 1 aliphatic heterocycles. The number of nitrogens with one attached hydrogen (secondary N) is 1. The van der Waals surface area contributed by atoms with Gasteiger partial charge in [0.15, 0.2) is 0 Å². The van der Waals surface area contributed by atoms with E-state index >= 15 is 0 Å². The highest BCUT2D eigenvalue weighted by molar-refractivity contribution is 5.68. The Hall–Kier alpha value is -0.770. The van der Waals surface area contributed by atoms with Crippen molar-refractivity contribution < 1.29 is 9.53 Å².